The monoisotopic (exact) mass is 488 g/mol. The van der Waals surface area contributed by atoms with E-state index < -0.39 is 0 Å². The highest BCUT2D eigenvalue weighted by molar-refractivity contribution is 14.0. The number of rotatable bonds is 7. The molecule has 1 saturated heterocycles. The lowest BCUT2D eigenvalue weighted by atomic mass is 10.1. The highest BCUT2D eigenvalue weighted by atomic mass is 127. The highest BCUT2D eigenvalue weighted by Gasteiger charge is 2.23. The van der Waals surface area contributed by atoms with E-state index in [1.165, 1.54) is 0 Å². The van der Waals surface area contributed by atoms with Crippen LogP contribution >= 0.6 is 24.0 Å². The van der Waals surface area contributed by atoms with E-state index in [1.54, 1.807) is 0 Å². The summed E-state index contributed by atoms with van der Waals surface area (Å²) in [4.78, 5) is 16.8. The van der Waals surface area contributed by atoms with Gasteiger partial charge < -0.3 is 20.7 Å². The van der Waals surface area contributed by atoms with E-state index in [0.29, 0.717) is 25.1 Å². The van der Waals surface area contributed by atoms with Crippen LogP contribution in [0.2, 0.25) is 0 Å². The smallest absolute Gasteiger partial charge is 0.253 e. The van der Waals surface area contributed by atoms with Crippen molar-refractivity contribution < 1.29 is 9.53 Å². The lowest BCUT2D eigenvalue weighted by Crippen LogP contribution is -2.44. The Morgan fingerprint density at radius 2 is 2.11 bits per heavy atom. The van der Waals surface area contributed by atoms with Gasteiger partial charge in [-0.15, -0.1) is 24.0 Å². The molecule has 2 atom stereocenters. The van der Waals surface area contributed by atoms with Gasteiger partial charge in [-0.1, -0.05) is 26.0 Å². The van der Waals surface area contributed by atoms with Crippen molar-refractivity contribution in [2.24, 2.45) is 10.9 Å². The Morgan fingerprint density at radius 3 is 2.74 bits per heavy atom. The number of nitrogens with zero attached hydrogens (tertiary/aromatic N) is 1. The molecule has 3 N–H and O–H groups in total. The second-order valence-corrected chi connectivity index (χ2v) is 7.06. The lowest BCUT2D eigenvalue weighted by molar-refractivity contribution is -0.124. The number of amides is 1. The van der Waals surface area contributed by atoms with Gasteiger partial charge in [0.2, 0.25) is 0 Å². The van der Waals surface area contributed by atoms with Crippen LogP contribution < -0.4 is 16.0 Å². The molecule has 0 aliphatic carbocycles. The summed E-state index contributed by atoms with van der Waals surface area (Å²) in [5.41, 5.74) is 1.83. The van der Waals surface area contributed by atoms with E-state index in [-0.39, 0.29) is 36.0 Å². The normalized spacial score (nSPS) is 18.0. The molecule has 1 aliphatic rings. The van der Waals surface area contributed by atoms with Gasteiger partial charge in [-0.05, 0) is 50.3 Å². The second kappa shape index (κ2) is 12.2. The van der Waals surface area contributed by atoms with E-state index in [9.17, 15) is 4.79 Å². The first-order valence-corrected chi connectivity index (χ1v) is 9.55. The summed E-state index contributed by atoms with van der Waals surface area (Å²) in [5.74, 6) is 1.27. The van der Waals surface area contributed by atoms with Crippen LogP contribution in [0.25, 0.3) is 0 Å². The van der Waals surface area contributed by atoms with Gasteiger partial charge in [0.15, 0.2) is 5.96 Å². The number of carbonyl (C=O) groups is 1. The number of benzene rings is 1. The van der Waals surface area contributed by atoms with Crippen molar-refractivity contribution in [3.05, 3.63) is 29.8 Å². The number of aliphatic imine (C=N–C) groups is 1. The van der Waals surface area contributed by atoms with Gasteiger partial charge in [-0.3, -0.25) is 4.79 Å². The minimum atomic E-state index is -0.321. The molecule has 6 nitrogen and oxygen atoms in total. The molecule has 152 valence electrons. The average Bonchev–Trinajstić information content (AvgIpc) is 3.15. The molecule has 0 bridgehead atoms. The van der Waals surface area contributed by atoms with E-state index in [2.05, 4.69) is 48.6 Å². The van der Waals surface area contributed by atoms with Crippen LogP contribution in [0.3, 0.4) is 0 Å². The number of anilines is 1. The lowest BCUT2D eigenvalue weighted by Gasteiger charge is -2.20. The van der Waals surface area contributed by atoms with Crippen LogP contribution in [0, 0.1) is 5.92 Å². The maximum Gasteiger partial charge on any atom is 0.253 e. The maximum atomic E-state index is 12.2. The third-order valence-electron chi connectivity index (χ3n) is 4.54. The van der Waals surface area contributed by atoms with Gasteiger partial charge in [-0.2, -0.15) is 0 Å². The van der Waals surface area contributed by atoms with E-state index in [4.69, 9.17) is 4.74 Å². The number of hydrogen-bond donors (Lipinski definition) is 3. The molecule has 27 heavy (non-hydrogen) atoms. The van der Waals surface area contributed by atoms with Gasteiger partial charge >= 0.3 is 0 Å². The average molecular weight is 488 g/mol. The first-order valence-electron chi connectivity index (χ1n) is 9.55. The fourth-order valence-electron chi connectivity index (χ4n) is 2.63. The molecule has 1 fully saturated rings. The summed E-state index contributed by atoms with van der Waals surface area (Å²) < 4.78 is 5.43. The minimum Gasteiger partial charge on any atom is -0.368 e. The van der Waals surface area contributed by atoms with Crippen LogP contribution in [-0.2, 0) is 16.1 Å². The largest absolute Gasteiger partial charge is 0.368 e. The van der Waals surface area contributed by atoms with Crippen LogP contribution in [-0.4, -0.2) is 37.2 Å². The fraction of sp³-hybridized carbons (Fsp3) is 0.600. The molecule has 0 saturated carbocycles. The first kappa shape index (κ1) is 23.7. The molecule has 7 heteroatoms. The minimum absolute atomic E-state index is 0. The summed E-state index contributed by atoms with van der Waals surface area (Å²) >= 11 is 0. The second-order valence-electron chi connectivity index (χ2n) is 7.06. The predicted molar refractivity (Wildman–Crippen MR) is 122 cm³/mol. The van der Waals surface area contributed by atoms with Crippen molar-refractivity contribution in [2.45, 2.75) is 59.2 Å². The summed E-state index contributed by atoms with van der Waals surface area (Å²) in [6.45, 7) is 10.6. The van der Waals surface area contributed by atoms with E-state index in [0.717, 1.165) is 36.6 Å². The van der Waals surface area contributed by atoms with Crippen molar-refractivity contribution in [3.63, 3.8) is 0 Å². The molecule has 1 aromatic carbocycles. The van der Waals surface area contributed by atoms with Crippen molar-refractivity contribution >= 4 is 41.5 Å². The Kier molecular flexibility index (Phi) is 10.7. The first-order chi connectivity index (χ1) is 12.5. The molecular weight excluding hydrogens is 455 g/mol. The number of guanidine groups is 1. The Morgan fingerprint density at radius 1 is 1.33 bits per heavy atom. The summed E-state index contributed by atoms with van der Waals surface area (Å²) in [5, 5.41) is 9.64. The Hall–Kier alpha value is -1.35. The molecule has 1 amide bonds. The Bertz CT molecular complexity index is 616. The van der Waals surface area contributed by atoms with E-state index in [1.807, 2.05) is 24.3 Å². The molecule has 0 spiro atoms. The van der Waals surface area contributed by atoms with Crippen LogP contribution in [0.15, 0.2) is 29.3 Å². The van der Waals surface area contributed by atoms with Gasteiger partial charge in [0.1, 0.15) is 6.10 Å². The standard InChI is InChI=1S/C20H32N4O2.HI/c1-5-21-20(23-15(4)14(2)3)22-13-16-8-6-9-17(12-16)24-19(25)18-10-7-11-26-18;/h6,8-9,12,14-15,18H,5,7,10-11,13H2,1-4H3,(H,24,25)(H2,21,22,23);1H. The number of ether oxygens (including phenoxy) is 1. The molecule has 1 aliphatic heterocycles. The molecule has 1 heterocycles. The van der Waals surface area contributed by atoms with E-state index >= 15 is 0 Å². The quantitative estimate of drug-likeness (QED) is 0.312. The zero-order chi connectivity index (χ0) is 18.9. The summed E-state index contributed by atoms with van der Waals surface area (Å²) in [6.07, 6.45) is 1.42. The molecule has 0 radical (unpaired) electrons. The molecule has 2 unspecified atom stereocenters. The predicted octanol–water partition coefficient (Wildman–Crippen LogP) is 3.52. The van der Waals surface area contributed by atoms with Crippen molar-refractivity contribution in [3.8, 4) is 0 Å². The Labute approximate surface area is 179 Å². The van der Waals surface area contributed by atoms with Crippen molar-refractivity contribution in [1.82, 2.24) is 10.6 Å². The zero-order valence-corrected chi connectivity index (χ0v) is 19.1. The topological polar surface area (TPSA) is 74.8 Å². The summed E-state index contributed by atoms with van der Waals surface area (Å²) in [6, 6.07) is 8.15. The van der Waals surface area contributed by atoms with Gasteiger partial charge in [0, 0.05) is 24.9 Å². The SMILES string of the molecule is CCNC(=NCc1cccc(NC(=O)C2CCCO2)c1)NC(C)C(C)C.I. The summed E-state index contributed by atoms with van der Waals surface area (Å²) in [7, 11) is 0. The highest BCUT2D eigenvalue weighted by Crippen LogP contribution is 2.16. The molecule has 1 aromatic rings. The third-order valence-corrected chi connectivity index (χ3v) is 4.54. The van der Waals surface area contributed by atoms with Crippen molar-refractivity contribution in [2.75, 3.05) is 18.5 Å². The van der Waals surface area contributed by atoms with Crippen molar-refractivity contribution in [1.29, 1.82) is 0 Å². The number of nitrogens with one attached hydrogen (secondary N) is 3. The Balaban J connectivity index is 0.00000364. The van der Waals surface area contributed by atoms with Gasteiger partial charge in [-0.25, -0.2) is 4.99 Å². The fourth-order valence-corrected chi connectivity index (χ4v) is 2.63. The number of hydrogen-bond acceptors (Lipinski definition) is 3. The van der Waals surface area contributed by atoms with Crippen LogP contribution in [0.1, 0.15) is 46.1 Å². The van der Waals surface area contributed by atoms with Gasteiger partial charge in [0.05, 0.1) is 6.54 Å². The zero-order valence-electron chi connectivity index (χ0n) is 16.7. The third kappa shape index (κ3) is 8.04. The maximum absolute atomic E-state index is 12.2. The van der Waals surface area contributed by atoms with Crippen LogP contribution in [0.4, 0.5) is 5.69 Å². The van der Waals surface area contributed by atoms with Crippen LogP contribution in [0.5, 0.6) is 0 Å². The molecule has 2 rings (SSSR count). The number of carbonyl (C=O) groups excluding carboxylic acids is 1. The molecule has 0 aromatic heterocycles. The number of halogens is 1. The van der Waals surface area contributed by atoms with Gasteiger partial charge in [0.25, 0.3) is 5.91 Å². The molecular formula is C20H33IN4O2.